The predicted octanol–water partition coefficient (Wildman–Crippen LogP) is 3.44. The molecule has 3 N–H and O–H groups in total. The first-order chi connectivity index (χ1) is 6.65. The number of rotatable bonds is 4. The molecule has 3 heteroatoms. The monoisotopic (exact) mass is 212 g/mol. The molecule has 0 unspecified atom stereocenters. The highest BCUT2D eigenvalue weighted by molar-refractivity contribution is 6.31. The van der Waals surface area contributed by atoms with E-state index in [4.69, 9.17) is 17.3 Å². The molecule has 0 saturated carbocycles. The molecule has 0 aliphatic heterocycles. The fourth-order valence-electron chi connectivity index (χ4n) is 1.25. The van der Waals surface area contributed by atoms with E-state index < -0.39 is 0 Å². The van der Waals surface area contributed by atoms with Crippen molar-refractivity contribution in [3.05, 3.63) is 22.7 Å². The number of nitrogens with one attached hydrogen (secondary N) is 1. The van der Waals surface area contributed by atoms with Crippen LogP contribution in [0.5, 0.6) is 0 Å². The number of nitrogen functional groups attached to an aromatic ring is 1. The molecule has 0 spiro atoms. The van der Waals surface area contributed by atoms with Gasteiger partial charge < -0.3 is 11.1 Å². The first kappa shape index (κ1) is 11.2. The van der Waals surface area contributed by atoms with E-state index in [-0.39, 0.29) is 0 Å². The van der Waals surface area contributed by atoms with Crippen LogP contribution in [0.2, 0.25) is 5.02 Å². The molecule has 2 nitrogen and oxygen atoms in total. The van der Waals surface area contributed by atoms with Crippen molar-refractivity contribution in [3.63, 3.8) is 0 Å². The van der Waals surface area contributed by atoms with Gasteiger partial charge in [0.2, 0.25) is 0 Å². The lowest BCUT2D eigenvalue weighted by Crippen LogP contribution is -2.04. The summed E-state index contributed by atoms with van der Waals surface area (Å²) in [5.74, 6) is 0. The van der Waals surface area contributed by atoms with Crippen LogP contribution in [-0.4, -0.2) is 6.54 Å². The molecule has 0 aliphatic rings. The minimum absolute atomic E-state index is 0.719. The van der Waals surface area contributed by atoms with E-state index >= 15 is 0 Å². The molecule has 1 aromatic carbocycles. The second kappa shape index (κ2) is 5.11. The minimum Gasteiger partial charge on any atom is -0.397 e. The van der Waals surface area contributed by atoms with Crippen molar-refractivity contribution in [1.82, 2.24) is 0 Å². The predicted molar refractivity (Wildman–Crippen MR) is 64.0 cm³/mol. The molecule has 78 valence electrons. The van der Waals surface area contributed by atoms with Gasteiger partial charge in [-0.1, -0.05) is 24.9 Å². The fourth-order valence-corrected chi connectivity index (χ4v) is 1.42. The summed E-state index contributed by atoms with van der Waals surface area (Å²) in [5.41, 5.74) is 8.59. The molecule has 0 saturated heterocycles. The van der Waals surface area contributed by atoms with Crippen molar-refractivity contribution in [1.29, 1.82) is 0 Å². The van der Waals surface area contributed by atoms with Crippen LogP contribution in [0, 0.1) is 6.92 Å². The van der Waals surface area contributed by atoms with Gasteiger partial charge in [-0.05, 0) is 31.0 Å². The lowest BCUT2D eigenvalue weighted by Gasteiger charge is -2.10. The van der Waals surface area contributed by atoms with Gasteiger partial charge in [-0.25, -0.2) is 0 Å². The number of nitrogens with two attached hydrogens (primary N) is 1. The Morgan fingerprint density at radius 1 is 1.43 bits per heavy atom. The third-order valence-corrected chi connectivity index (χ3v) is 2.58. The van der Waals surface area contributed by atoms with Crippen molar-refractivity contribution in [2.24, 2.45) is 0 Å². The normalized spacial score (nSPS) is 10.2. The largest absolute Gasteiger partial charge is 0.397 e. The molecule has 14 heavy (non-hydrogen) atoms. The van der Waals surface area contributed by atoms with Gasteiger partial charge in [-0.15, -0.1) is 0 Å². The van der Waals surface area contributed by atoms with Gasteiger partial charge in [0.15, 0.2) is 0 Å². The van der Waals surface area contributed by atoms with Crippen LogP contribution in [-0.2, 0) is 0 Å². The van der Waals surface area contributed by atoms with Crippen molar-refractivity contribution in [3.8, 4) is 0 Å². The smallest absolute Gasteiger partial charge is 0.0577 e. The summed E-state index contributed by atoms with van der Waals surface area (Å²) < 4.78 is 0. The summed E-state index contributed by atoms with van der Waals surface area (Å²) in [6.07, 6.45) is 2.33. The van der Waals surface area contributed by atoms with E-state index in [2.05, 4.69) is 12.2 Å². The molecular formula is C11H17ClN2. The first-order valence-electron chi connectivity index (χ1n) is 4.94. The van der Waals surface area contributed by atoms with Gasteiger partial charge in [0, 0.05) is 11.6 Å². The van der Waals surface area contributed by atoms with Crippen molar-refractivity contribution >= 4 is 23.0 Å². The quantitative estimate of drug-likeness (QED) is 0.593. The highest BCUT2D eigenvalue weighted by atomic mass is 35.5. The average molecular weight is 213 g/mol. The summed E-state index contributed by atoms with van der Waals surface area (Å²) in [6, 6.07) is 3.79. The third-order valence-electron chi connectivity index (χ3n) is 2.18. The minimum atomic E-state index is 0.719. The van der Waals surface area contributed by atoms with Gasteiger partial charge in [-0.3, -0.25) is 0 Å². The Bertz CT molecular complexity index is 310. The molecule has 1 aromatic rings. The number of hydrogen-bond donors (Lipinski definition) is 2. The van der Waals surface area contributed by atoms with Crippen LogP contribution in [0.1, 0.15) is 25.3 Å². The Balaban J connectivity index is 2.72. The number of halogens is 1. The summed E-state index contributed by atoms with van der Waals surface area (Å²) in [7, 11) is 0. The van der Waals surface area contributed by atoms with Crippen molar-refractivity contribution in [2.75, 3.05) is 17.6 Å². The maximum absolute atomic E-state index is 5.94. The maximum atomic E-state index is 5.94. The van der Waals surface area contributed by atoms with Crippen molar-refractivity contribution < 1.29 is 0 Å². The maximum Gasteiger partial charge on any atom is 0.0577 e. The SMILES string of the molecule is CCCCNc1cc(C)c(Cl)cc1N. The molecule has 0 atom stereocenters. The number of hydrogen-bond acceptors (Lipinski definition) is 2. The molecule has 1 rings (SSSR count). The Hall–Kier alpha value is -0.890. The van der Waals surface area contributed by atoms with Crippen molar-refractivity contribution in [2.45, 2.75) is 26.7 Å². The van der Waals surface area contributed by atoms with E-state index in [0.29, 0.717) is 0 Å². The number of benzene rings is 1. The average Bonchev–Trinajstić information content (AvgIpc) is 2.14. The molecule has 0 bridgehead atoms. The third kappa shape index (κ3) is 2.81. The zero-order chi connectivity index (χ0) is 10.6. The number of aryl methyl sites for hydroxylation is 1. The Kier molecular flexibility index (Phi) is 4.08. The molecule has 0 radical (unpaired) electrons. The lowest BCUT2D eigenvalue weighted by molar-refractivity contribution is 0.834. The molecular weight excluding hydrogens is 196 g/mol. The zero-order valence-electron chi connectivity index (χ0n) is 8.73. The van der Waals surface area contributed by atoms with Gasteiger partial charge >= 0.3 is 0 Å². The van der Waals surface area contributed by atoms with Crippen LogP contribution in [0.15, 0.2) is 12.1 Å². The van der Waals surface area contributed by atoms with E-state index in [1.807, 2.05) is 13.0 Å². The van der Waals surface area contributed by atoms with Gasteiger partial charge in [-0.2, -0.15) is 0 Å². The highest BCUT2D eigenvalue weighted by Gasteiger charge is 2.02. The van der Waals surface area contributed by atoms with E-state index in [1.54, 1.807) is 6.07 Å². The Morgan fingerprint density at radius 2 is 2.14 bits per heavy atom. The zero-order valence-corrected chi connectivity index (χ0v) is 9.49. The molecule has 0 amide bonds. The van der Waals surface area contributed by atoms with Crippen LogP contribution >= 0.6 is 11.6 Å². The first-order valence-corrected chi connectivity index (χ1v) is 5.32. The fraction of sp³-hybridized carbons (Fsp3) is 0.455. The second-order valence-electron chi connectivity index (χ2n) is 3.47. The summed E-state index contributed by atoms with van der Waals surface area (Å²) in [4.78, 5) is 0. The van der Waals surface area contributed by atoms with Crippen LogP contribution in [0.25, 0.3) is 0 Å². The van der Waals surface area contributed by atoms with Gasteiger partial charge in [0.05, 0.1) is 11.4 Å². The summed E-state index contributed by atoms with van der Waals surface area (Å²) >= 11 is 5.94. The lowest BCUT2D eigenvalue weighted by atomic mass is 10.2. The second-order valence-corrected chi connectivity index (χ2v) is 3.88. The van der Waals surface area contributed by atoms with Gasteiger partial charge in [0.25, 0.3) is 0 Å². The standard InChI is InChI=1S/C11H17ClN2/c1-3-4-5-14-11-6-8(2)9(12)7-10(11)13/h6-7,14H,3-5,13H2,1-2H3. The molecule has 0 heterocycles. The molecule has 0 fully saturated rings. The van der Waals surface area contributed by atoms with E-state index in [1.165, 1.54) is 6.42 Å². The number of anilines is 2. The van der Waals surface area contributed by atoms with Gasteiger partial charge in [0.1, 0.15) is 0 Å². The summed E-state index contributed by atoms with van der Waals surface area (Å²) in [6.45, 7) is 5.10. The van der Waals surface area contributed by atoms with Crippen LogP contribution < -0.4 is 11.1 Å². The molecule has 0 aliphatic carbocycles. The van der Waals surface area contributed by atoms with Crippen LogP contribution in [0.4, 0.5) is 11.4 Å². The Labute approximate surface area is 90.4 Å². The Morgan fingerprint density at radius 3 is 2.79 bits per heavy atom. The highest BCUT2D eigenvalue weighted by Crippen LogP contribution is 2.26. The molecule has 0 aromatic heterocycles. The van der Waals surface area contributed by atoms with Crippen LogP contribution in [0.3, 0.4) is 0 Å². The topological polar surface area (TPSA) is 38.0 Å². The van der Waals surface area contributed by atoms with E-state index in [0.717, 1.165) is 34.9 Å². The summed E-state index contributed by atoms with van der Waals surface area (Å²) in [5, 5.41) is 4.02. The van der Waals surface area contributed by atoms with E-state index in [9.17, 15) is 0 Å². The number of unbranched alkanes of at least 4 members (excludes halogenated alkanes) is 1.